The number of carbonyl (C=O) groups excluding carboxylic acids is 2. The summed E-state index contributed by atoms with van der Waals surface area (Å²) in [6.45, 7) is 4.03. The Morgan fingerprint density at radius 3 is 2.54 bits per heavy atom. The average Bonchev–Trinajstić information content (AvgIpc) is 2.68. The molecule has 0 radical (unpaired) electrons. The summed E-state index contributed by atoms with van der Waals surface area (Å²) in [6.07, 6.45) is 1.86. The summed E-state index contributed by atoms with van der Waals surface area (Å²) in [5.74, 6) is 0.242. The van der Waals surface area contributed by atoms with Gasteiger partial charge in [-0.25, -0.2) is 0 Å². The van der Waals surface area contributed by atoms with Gasteiger partial charge in [-0.15, -0.1) is 0 Å². The molecule has 0 atom stereocenters. The van der Waals surface area contributed by atoms with Gasteiger partial charge in [0.2, 0.25) is 0 Å². The molecule has 5 heteroatoms. The predicted molar refractivity (Wildman–Crippen MR) is 103 cm³/mol. The van der Waals surface area contributed by atoms with Crippen LogP contribution in [-0.2, 0) is 0 Å². The number of carbonyl (C=O) groups is 2. The lowest BCUT2D eigenvalue weighted by Gasteiger charge is -2.31. The van der Waals surface area contributed by atoms with E-state index in [4.69, 9.17) is 5.73 Å². The first kappa shape index (κ1) is 18.1. The number of para-hydroxylation sites is 1. The smallest absolute Gasteiger partial charge is 0.255 e. The molecule has 3 rings (SSSR count). The van der Waals surface area contributed by atoms with Crippen molar-refractivity contribution in [1.82, 2.24) is 4.90 Å². The first-order chi connectivity index (χ1) is 12.6. The second-order valence-corrected chi connectivity index (χ2v) is 6.84. The number of hydrogen-bond donors (Lipinski definition) is 2. The highest BCUT2D eigenvalue weighted by atomic mass is 16.2. The number of amides is 2. The van der Waals surface area contributed by atoms with Crippen molar-refractivity contribution in [2.75, 3.05) is 25.0 Å². The molecule has 0 unspecified atom stereocenters. The summed E-state index contributed by atoms with van der Waals surface area (Å²) in [7, 11) is 0. The van der Waals surface area contributed by atoms with Crippen LogP contribution in [0.4, 0.5) is 5.69 Å². The molecule has 1 heterocycles. The van der Waals surface area contributed by atoms with Crippen molar-refractivity contribution >= 4 is 17.5 Å². The molecule has 1 aliphatic heterocycles. The normalized spacial score (nSPS) is 14.9. The molecule has 1 aliphatic rings. The number of hydrogen-bond acceptors (Lipinski definition) is 3. The molecule has 0 saturated carbocycles. The van der Waals surface area contributed by atoms with E-state index < -0.39 is 0 Å². The number of aryl methyl sites for hydroxylation is 1. The van der Waals surface area contributed by atoms with Crippen molar-refractivity contribution in [3.63, 3.8) is 0 Å². The van der Waals surface area contributed by atoms with Crippen LogP contribution in [-0.4, -0.2) is 36.3 Å². The summed E-state index contributed by atoms with van der Waals surface area (Å²) >= 11 is 0. The zero-order valence-electron chi connectivity index (χ0n) is 15.1. The molecule has 0 spiro atoms. The van der Waals surface area contributed by atoms with E-state index in [-0.39, 0.29) is 11.8 Å². The molecule has 3 N–H and O–H groups in total. The van der Waals surface area contributed by atoms with Gasteiger partial charge in [-0.1, -0.05) is 29.8 Å². The topological polar surface area (TPSA) is 75.4 Å². The first-order valence-electron chi connectivity index (χ1n) is 9.05. The van der Waals surface area contributed by atoms with Crippen LogP contribution < -0.4 is 11.1 Å². The van der Waals surface area contributed by atoms with Crippen molar-refractivity contribution in [2.45, 2.75) is 19.8 Å². The third-order valence-corrected chi connectivity index (χ3v) is 4.92. The minimum absolute atomic E-state index is 0.0411. The third-order valence-electron chi connectivity index (χ3n) is 4.92. The minimum Gasteiger partial charge on any atom is -0.339 e. The summed E-state index contributed by atoms with van der Waals surface area (Å²) in [5, 5.41) is 2.89. The van der Waals surface area contributed by atoms with Gasteiger partial charge in [0.05, 0.1) is 11.3 Å². The Morgan fingerprint density at radius 1 is 1.12 bits per heavy atom. The number of anilines is 1. The van der Waals surface area contributed by atoms with Gasteiger partial charge in [0.15, 0.2) is 0 Å². The molecular weight excluding hydrogens is 326 g/mol. The van der Waals surface area contributed by atoms with Crippen LogP contribution in [0.3, 0.4) is 0 Å². The number of benzene rings is 2. The largest absolute Gasteiger partial charge is 0.339 e. The van der Waals surface area contributed by atoms with Crippen LogP contribution in [0.1, 0.15) is 39.1 Å². The van der Waals surface area contributed by atoms with Crippen LogP contribution >= 0.6 is 0 Å². The van der Waals surface area contributed by atoms with Crippen molar-refractivity contribution in [2.24, 2.45) is 11.7 Å². The Bertz CT molecular complexity index is 795. The second-order valence-electron chi connectivity index (χ2n) is 6.84. The van der Waals surface area contributed by atoms with Crippen LogP contribution in [0, 0.1) is 12.8 Å². The quantitative estimate of drug-likeness (QED) is 0.889. The fourth-order valence-corrected chi connectivity index (χ4v) is 3.30. The molecule has 1 fully saturated rings. The number of nitrogens with two attached hydrogens (primary N) is 1. The van der Waals surface area contributed by atoms with Crippen molar-refractivity contribution < 1.29 is 9.59 Å². The van der Waals surface area contributed by atoms with Crippen molar-refractivity contribution in [1.29, 1.82) is 0 Å². The summed E-state index contributed by atoms with van der Waals surface area (Å²) < 4.78 is 0. The molecule has 0 aliphatic carbocycles. The summed E-state index contributed by atoms with van der Waals surface area (Å²) in [4.78, 5) is 27.3. The Morgan fingerprint density at radius 2 is 1.85 bits per heavy atom. The molecule has 5 nitrogen and oxygen atoms in total. The molecule has 2 amide bonds. The first-order valence-corrected chi connectivity index (χ1v) is 9.05. The van der Waals surface area contributed by atoms with Gasteiger partial charge in [-0.2, -0.15) is 0 Å². The van der Waals surface area contributed by atoms with E-state index in [1.54, 1.807) is 18.2 Å². The molecule has 26 heavy (non-hydrogen) atoms. The van der Waals surface area contributed by atoms with Gasteiger partial charge >= 0.3 is 0 Å². The number of nitrogens with zero attached hydrogens (tertiary/aromatic N) is 1. The maximum absolute atomic E-state index is 12.9. The highest BCUT2D eigenvalue weighted by Crippen LogP contribution is 2.22. The van der Waals surface area contributed by atoms with Gasteiger partial charge in [0.1, 0.15) is 0 Å². The zero-order chi connectivity index (χ0) is 18.5. The molecule has 1 saturated heterocycles. The fraction of sp³-hybridized carbons (Fsp3) is 0.333. The summed E-state index contributed by atoms with van der Waals surface area (Å²) in [6, 6.07) is 14.6. The Balaban J connectivity index is 1.76. The molecule has 0 bridgehead atoms. The molecule has 2 aromatic carbocycles. The lowest BCUT2D eigenvalue weighted by atomic mass is 9.96. The van der Waals surface area contributed by atoms with Crippen LogP contribution in [0.2, 0.25) is 0 Å². The lowest BCUT2D eigenvalue weighted by Crippen LogP contribution is -2.40. The summed E-state index contributed by atoms with van der Waals surface area (Å²) in [5.41, 5.74) is 8.40. The standard InChI is InChI=1S/C21H25N3O2/c1-15-5-4-6-17(13-15)20(25)23-19-8-3-2-7-18(19)21(26)24-11-9-16(14-22)10-12-24/h2-8,13,16H,9-12,14,22H2,1H3,(H,23,25). The average molecular weight is 351 g/mol. The van der Waals surface area contributed by atoms with Gasteiger partial charge < -0.3 is 16.0 Å². The maximum Gasteiger partial charge on any atom is 0.255 e. The Kier molecular flexibility index (Phi) is 5.68. The van der Waals surface area contributed by atoms with Crippen LogP contribution in [0.15, 0.2) is 48.5 Å². The van der Waals surface area contributed by atoms with E-state index in [1.165, 1.54) is 0 Å². The molecule has 136 valence electrons. The van der Waals surface area contributed by atoms with Crippen LogP contribution in [0.5, 0.6) is 0 Å². The van der Waals surface area contributed by atoms with E-state index in [2.05, 4.69) is 5.32 Å². The van der Waals surface area contributed by atoms with Gasteiger partial charge in [0, 0.05) is 18.7 Å². The van der Waals surface area contributed by atoms with E-state index in [1.807, 2.05) is 42.2 Å². The third kappa shape index (κ3) is 4.11. The van der Waals surface area contributed by atoms with E-state index in [9.17, 15) is 9.59 Å². The number of nitrogens with one attached hydrogen (secondary N) is 1. The molecule has 0 aromatic heterocycles. The van der Waals surface area contributed by atoms with Gasteiger partial charge in [-0.05, 0) is 56.5 Å². The van der Waals surface area contributed by atoms with Crippen LogP contribution in [0.25, 0.3) is 0 Å². The highest BCUT2D eigenvalue weighted by Gasteiger charge is 2.24. The number of piperidine rings is 1. The highest BCUT2D eigenvalue weighted by molar-refractivity contribution is 6.09. The SMILES string of the molecule is Cc1cccc(C(=O)Nc2ccccc2C(=O)N2CCC(CN)CC2)c1. The zero-order valence-corrected chi connectivity index (χ0v) is 15.1. The predicted octanol–water partition coefficient (Wildman–Crippen LogP) is 3.06. The fourth-order valence-electron chi connectivity index (χ4n) is 3.30. The molecule has 2 aromatic rings. The van der Waals surface area contributed by atoms with Gasteiger partial charge in [-0.3, -0.25) is 9.59 Å². The van der Waals surface area contributed by atoms with Crippen molar-refractivity contribution in [3.05, 3.63) is 65.2 Å². The maximum atomic E-state index is 12.9. The number of likely N-dealkylation sites (tertiary alicyclic amines) is 1. The Labute approximate surface area is 154 Å². The van der Waals surface area contributed by atoms with E-state index >= 15 is 0 Å². The lowest BCUT2D eigenvalue weighted by molar-refractivity contribution is 0.0694. The second kappa shape index (κ2) is 8.15. The monoisotopic (exact) mass is 351 g/mol. The minimum atomic E-state index is -0.212. The van der Waals surface area contributed by atoms with Gasteiger partial charge in [0.25, 0.3) is 11.8 Å². The molecular formula is C21H25N3O2. The number of rotatable bonds is 4. The Hall–Kier alpha value is -2.66. The van der Waals surface area contributed by atoms with E-state index in [0.717, 1.165) is 18.4 Å². The van der Waals surface area contributed by atoms with Crippen molar-refractivity contribution in [3.8, 4) is 0 Å². The van der Waals surface area contributed by atoms with E-state index in [0.29, 0.717) is 42.4 Å².